The Labute approximate surface area is 150 Å². The van der Waals surface area contributed by atoms with Crippen LogP contribution in [0.2, 0.25) is 5.02 Å². The van der Waals surface area contributed by atoms with Crippen molar-refractivity contribution < 1.29 is 8.42 Å². The molecule has 0 atom stereocenters. The zero-order chi connectivity index (χ0) is 17.2. The van der Waals surface area contributed by atoms with Gasteiger partial charge in [0, 0.05) is 34.1 Å². The summed E-state index contributed by atoms with van der Waals surface area (Å²) in [5.74, 6) is 0.108. The Kier molecular flexibility index (Phi) is 4.76. The Hall–Kier alpha value is -2.08. The van der Waals surface area contributed by atoms with Crippen LogP contribution < -0.4 is 3.82 Å². The lowest BCUT2D eigenvalue weighted by Gasteiger charge is -2.15. The summed E-state index contributed by atoms with van der Waals surface area (Å²) >= 11 is 12.2. The first-order chi connectivity index (χ1) is 11.5. The van der Waals surface area contributed by atoms with Gasteiger partial charge < -0.3 is 0 Å². The van der Waals surface area contributed by atoms with E-state index >= 15 is 0 Å². The molecule has 1 heterocycles. The van der Waals surface area contributed by atoms with Crippen LogP contribution in [-0.4, -0.2) is 13.4 Å². The average Bonchev–Trinajstić information content (AvgIpc) is 2.62. The Balaban J connectivity index is 1.92. The second-order valence-electron chi connectivity index (χ2n) is 4.92. The molecule has 0 radical (unpaired) electrons. The molecule has 0 amide bonds. The summed E-state index contributed by atoms with van der Waals surface area (Å²) in [4.78, 5) is 4.24. The molecule has 0 bridgehead atoms. The lowest BCUT2D eigenvalue weighted by molar-refractivity contribution is 0.597. The summed E-state index contributed by atoms with van der Waals surface area (Å²) < 4.78 is 25.6. The lowest BCUT2D eigenvalue weighted by atomic mass is 10.1. The van der Waals surface area contributed by atoms with Crippen molar-refractivity contribution in [2.75, 3.05) is 3.82 Å². The van der Waals surface area contributed by atoms with Crippen LogP contribution in [0.1, 0.15) is 0 Å². The van der Waals surface area contributed by atoms with E-state index in [2.05, 4.69) is 4.98 Å². The van der Waals surface area contributed by atoms with E-state index in [1.807, 2.05) is 18.2 Å². The predicted octanol–water partition coefficient (Wildman–Crippen LogP) is 4.75. The van der Waals surface area contributed by atoms with Gasteiger partial charge >= 0.3 is 0 Å². The lowest BCUT2D eigenvalue weighted by Crippen LogP contribution is -2.22. The van der Waals surface area contributed by atoms with Crippen LogP contribution in [0.25, 0.3) is 11.1 Å². The molecule has 0 saturated carbocycles. The number of hydrogen-bond acceptors (Lipinski definition) is 3. The van der Waals surface area contributed by atoms with Crippen molar-refractivity contribution in [1.29, 1.82) is 0 Å². The SMILES string of the molecule is O=S(=O)(c1ccccc1)N(Cl)c1ccc(-c2ccccc2Cl)cn1. The van der Waals surface area contributed by atoms with Crippen LogP contribution in [-0.2, 0) is 10.0 Å². The summed E-state index contributed by atoms with van der Waals surface area (Å²) in [6.07, 6.45) is 1.53. The van der Waals surface area contributed by atoms with Gasteiger partial charge in [-0.25, -0.2) is 4.98 Å². The zero-order valence-corrected chi connectivity index (χ0v) is 14.6. The van der Waals surface area contributed by atoms with Gasteiger partial charge in [0.25, 0.3) is 10.0 Å². The zero-order valence-electron chi connectivity index (χ0n) is 12.3. The standard InChI is InChI=1S/C17H12Cl2N2O2S/c18-16-9-5-4-8-15(16)13-10-11-17(20-12-13)21(19)24(22,23)14-6-2-1-3-7-14/h1-12H. The number of hydrogen-bond donors (Lipinski definition) is 0. The van der Waals surface area contributed by atoms with Crippen molar-refractivity contribution in [1.82, 2.24) is 4.98 Å². The van der Waals surface area contributed by atoms with E-state index in [0.29, 0.717) is 8.85 Å². The van der Waals surface area contributed by atoms with Gasteiger partial charge in [-0.15, -0.1) is 0 Å². The van der Waals surface area contributed by atoms with Gasteiger partial charge in [0.2, 0.25) is 0 Å². The minimum absolute atomic E-state index is 0.0944. The first-order valence-corrected chi connectivity index (χ1v) is 9.13. The minimum atomic E-state index is -3.87. The maximum Gasteiger partial charge on any atom is 0.279 e. The molecule has 0 N–H and O–H groups in total. The monoisotopic (exact) mass is 378 g/mol. The molecule has 0 spiro atoms. The number of rotatable bonds is 4. The van der Waals surface area contributed by atoms with Gasteiger partial charge in [-0.3, -0.25) is 0 Å². The number of halogens is 2. The third-order valence-electron chi connectivity index (χ3n) is 3.36. The molecule has 7 heteroatoms. The third kappa shape index (κ3) is 3.24. The van der Waals surface area contributed by atoms with E-state index in [9.17, 15) is 8.42 Å². The van der Waals surface area contributed by atoms with Crippen LogP contribution in [0, 0.1) is 0 Å². The maximum absolute atomic E-state index is 12.5. The minimum Gasteiger partial charge on any atom is -0.236 e. The number of aromatic nitrogens is 1. The molecule has 3 rings (SSSR count). The van der Waals surface area contributed by atoms with Crippen molar-refractivity contribution in [2.24, 2.45) is 0 Å². The molecule has 3 aromatic rings. The largest absolute Gasteiger partial charge is 0.279 e. The number of nitrogens with zero attached hydrogens (tertiary/aromatic N) is 2. The molecule has 0 aliphatic carbocycles. The Morgan fingerprint density at radius 1 is 0.875 bits per heavy atom. The molecule has 2 aromatic carbocycles. The second kappa shape index (κ2) is 6.81. The second-order valence-corrected chi connectivity index (χ2v) is 7.65. The van der Waals surface area contributed by atoms with Crippen LogP contribution in [0.5, 0.6) is 0 Å². The van der Waals surface area contributed by atoms with E-state index in [-0.39, 0.29) is 10.7 Å². The molecular formula is C17H12Cl2N2O2S. The summed E-state index contributed by atoms with van der Waals surface area (Å²) in [6, 6.07) is 18.5. The molecular weight excluding hydrogens is 367 g/mol. The predicted molar refractivity (Wildman–Crippen MR) is 96.6 cm³/mol. The fourth-order valence-corrected chi connectivity index (χ4v) is 3.78. The van der Waals surface area contributed by atoms with Crippen LogP contribution in [0.15, 0.2) is 77.8 Å². The molecule has 0 aliphatic rings. The van der Waals surface area contributed by atoms with E-state index in [4.69, 9.17) is 23.4 Å². The molecule has 122 valence electrons. The van der Waals surface area contributed by atoms with Crippen molar-refractivity contribution in [3.8, 4) is 11.1 Å². The van der Waals surface area contributed by atoms with Gasteiger partial charge in [0.05, 0.1) is 4.90 Å². The average molecular weight is 379 g/mol. The summed E-state index contributed by atoms with van der Waals surface area (Å²) in [7, 11) is -3.87. The van der Waals surface area contributed by atoms with Crippen molar-refractivity contribution in [3.05, 3.63) is 77.9 Å². The number of anilines is 1. The van der Waals surface area contributed by atoms with Gasteiger partial charge in [0.1, 0.15) is 0 Å². The highest BCUT2D eigenvalue weighted by Gasteiger charge is 2.24. The molecule has 24 heavy (non-hydrogen) atoms. The molecule has 0 saturated heterocycles. The fraction of sp³-hybridized carbons (Fsp3) is 0. The van der Waals surface area contributed by atoms with Crippen LogP contribution >= 0.6 is 23.4 Å². The van der Waals surface area contributed by atoms with Crippen LogP contribution in [0.3, 0.4) is 0 Å². The van der Waals surface area contributed by atoms with Gasteiger partial charge in [-0.05, 0) is 30.3 Å². The highest BCUT2D eigenvalue weighted by Crippen LogP contribution is 2.29. The van der Waals surface area contributed by atoms with E-state index in [1.54, 1.807) is 30.3 Å². The van der Waals surface area contributed by atoms with Crippen molar-refractivity contribution in [3.63, 3.8) is 0 Å². The van der Waals surface area contributed by atoms with Crippen molar-refractivity contribution >= 4 is 39.2 Å². The van der Waals surface area contributed by atoms with Crippen molar-refractivity contribution in [2.45, 2.75) is 4.90 Å². The Morgan fingerprint density at radius 3 is 2.17 bits per heavy atom. The van der Waals surface area contributed by atoms with E-state index < -0.39 is 10.0 Å². The molecule has 4 nitrogen and oxygen atoms in total. The Bertz CT molecular complexity index is 946. The highest BCUT2D eigenvalue weighted by molar-refractivity contribution is 7.94. The molecule has 0 fully saturated rings. The molecule has 0 aliphatic heterocycles. The van der Waals surface area contributed by atoms with E-state index in [0.717, 1.165) is 11.1 Å². The number of benzene rings is 2. The van der Waals surface area contributed by atoms with Gasteiger partial charge in [-0.1, -0.05) is 48.0 Å². The smallest absolute Gasteiger partial charge is 0.236 e. The maximum atomic E-state index is 12.5. The first-order valence-electron chi connectivity index (χ1n) is 6.97. The highest BCUT2D eigenvalue weighted by atomic mass is 35.5. The molecule has 0 unspecified atom stereocenters. The van der Waals surface area contributed by atoms with Gasteiger partial charge in [-0.2, -0.15) is 12.2 Å². The third-order valence-corrected chi connectivity index (χ3v) is 5.89. The number of sulfonamides is 1. The van der Waals surface area contributed by atoms with Gasteiger partial charge in [0.15, 0.2) is 5.82 Å². The summed E-state index contributed by atoms with van der Waals surface area (Å²) in [6.45, 7) is 0. The van der Waals surface area contributed by atoms with Crippen LogP contribution in [0.4, 0.5) is 5.82 Å². The van der Waals surface area contributed by atoms with E-state index in [1.165, 1.54) is 24.4 Å². The normalized spacial score (nSPS) is 11.2. The Morgan fingerprint density at radius 2 is 1.54 bits per heavy atom. The quantitative estimate of drug-likeness (QED) is 0.615. The first kappa shape index (κ1) is 16.8. The molecule has 1 aromatic heterocycles. The fourth-order valence-electron chi connectivity index (χ4n) is 2.15. The summed E-state index contributed by atoms with van der Waals surface area (Å²) in [5, 5.41) is 0.590. The topological polar surface area (TPSA) is 50.3 Å². The summed E-state index contributed by atoms with van der Waals surface area (Å²) in [5.41, 5.74) is 1.58. The number of pyridine rings is 1.